The second-order valence-electron chi connectivity index (χ2n) is 6.76. The Hall–Kier alpha value is -3.05. The van der Waals surface area contributed by atoms with Crippen LogP contribution < -0.4 is 15.0 Å². The van der Waals surface area contributed by atoms with Crippen LogP contribution in [0.25, 0.3) is 0 Å². The van der Waals surface area contributed by atoms with E-state index in [1.54, 1.807) is 37.6 Å². The Morgan fingerprint density at radius 3 is 2.75 bits per heavy atom. The van der Waals surface area contributed by atoms with E-state index in [1.165, 1.54) is 5.56 Å². The molecule has 0 saturated carbocycles. The molecular weight excluding hydrogens is 374 g/mol. The summed E-state index contributed by atoms with van der Waals surface area (Å²) in [4.78, 5) is 19.3. The average Bonchev–Trinajstić information content (AvgIpc) is 3.04. The minimum absolute atomic E-state index is 0.0380. The first-order valence-electron chi connectivity index (χ1n) is 9.05. The molecule has 5 nitrogen and oxygen atoms in total. The van der Waals surface area contributed by atoms with E-state index < -0.39 is 0 Å². The van der Waals surface area contributed by atoms with Gasteiger partial charge in [-0.15, -0.1) is 0 Å². The molecule has 0 radical (unpaired) electrons. The molecule has 0 bridgehead atoms. The Labute approximate surface area is 168 Å². The molecule has 1 atom stereocenters. The lowest BCUT2D eigenvalue weighted by atomic mass is 10.1. The molecule has 3 aromatic rings. The molecule has 2 aromatic carbocycles. The number of para-hydroxylation sites is 1. The van der Waals surface area contributed by atoms with Crippen molar-refractivity contribution in [2.45, 2.75) is 19.4 Å². The number of carbonyl (C=O) groups is 1. The highest BCUT2D eigenvalue weighted by Crippen LogP contribution is 2.33. The monoisotopic (exact) mass is 393 g/mol. The van der Waals surface area contributed by atoms with Gasteiger partial charge in [0.25, 0.3) is 5.91 Å². The maximum Gasteiger partial charge on any atom is 0.260 e. The maximum absolute atomic E-state index is 13.0. The number of nitrogens with one attached hydrogen (secondary N) is 1. The number of fused-ring (bicyclic) bond motifs is 1. The second-order valence-corrected chi connectivity index (χ2v) is 7.17. The number of anilines is 3. The fourth-order valence-electron chi connectivity index (χ4n) is 3.50. The number of pyridine rings is 1. The van der Waals surface area contributed by atoms with E-state index in [0.29, 0.717) is 22.2 Å². The van der Waals surface area contributed by atoms with Crippen molar-refractivity contribution in [2.24, 2.45) is 0 Å². The minimum atomic E-state index is -0.0380. The van der Waals surface area contributed by atoms with E-state index in [9.17, 15) is 4.79 Å². The van der Waals surface area contributed by atoms with Gasteiger partial charge in [0, 0.05) is 23.6 Å². The molecule has 1 aliphatic rings. The number of carbonyl (C=O) groups excluding carboxylic acids is 1. The van der Waals surface area contributed by atoms with Crippen LogP contribution >= 0.6 is 11.6 Å². The lowest BCUT2D eigenvalue weighted by Gasteiger charge is -2.22. The molecule has 142 valence electrons. The average molecular weight is 394 g/mol. The van der Waals surface area contributed by atoms with Gasteiger partial charge in [-0.05, 0) is 55.3 Å². The Morgan fingerprint density at radius 1 is 1.21 bits per heavy atom. The molecule has 1 unspecified atom stereocenters. The molecule has 4 rings (SSSR count). The Morgan fingerprint density at radius 2 is 2.04 bits per heavy atom. The number of methoxy groups -OCH3 is 1. The third kappa shape index (κ3) is 3.41. The molecule has 28 heavy (non-hydrogen) atoms. The zero-order valence-electron chi connectivity index (χ0n) is 15.6. The van der Waals surface area contributed by atoms with E-state index >= 15 is 0 Å². The summed E-state index contributed by atoms with van der Waals surface area (Å²) in [6.07, 6.45) is 2.47. The van der Waals surface area contributed by atoms with Gasteiger partial charge in [-0.1, -0.05) is 29.8 Å². The van der Waals surface area contributed by atoms with Gasteiger partial charge in [0.05, 0.1) is 17.7 Å². The Balaban J connectivity index is 1.52. The Kier molecular flexibility index (Phi) is 4.92. The minimum Gasteiger partial charge on any atom is -0.495 e. The molecule has 0 fully saturated rings. The summed E-state index contributed by atoms with van der Waals surface area (Å²) in [5.41, 5.74) is 3.53. The van der Waals surface area contributed by atoms with Crippen LogP contribution in [0.4, 0.5) is 17.2 Å². The zero-order valence-corrected chi connectivity index (χ0v) is 16.4. The smallest absolute Gasteiger partial charge is 0.260 e. The predicted octanol–water partition coefficient (Wildman–Crippen LogP) is 5.08. The van der Waals surface area contributed by atoms with Crippen LogP contribution in [0.2, 0.25) is 5.02 Å². The number of ether oxygens (including phenoxy) is 1. The van der Waals surface area contributed by atoms with Gasteiger partial charge in [-0.3, -0.25) is 4.79 Å². The van der Waals surface area contributed by atoms with Crippen molar-refractivity contribution in [3.05, 3.63) is 76.9 Å². The van der Waals surface area contributed by atoms with Crippen LogP contribution in [0, 0.1) is 0 Å². The summed E-state index contributed by atoms with van der Waals surface area (Å²) < 4.78 is 5.16. The fourth-order valence-corrected chi connectivity index (χ4v) is 3.76. The molecule has 0 aliphatic carbocycles. The number of rotatable bonds is 4. The third-order valence-electron chi connectivity index (χ3n) is 4.86. The van der Waals surface area contributed by atoms with Crippen LogP contribution in [0.1, 0.15) is 22.8 Å². The molecule has 1 aromatic heterocycles. The van der Waals surface area contributed by atoms with Gasteiger partial charge in [-0.2, -0.15) is 0 Å². The number of aromatic nitrogens is 1. The normalized spacial score (nSPS) is 15.2. The van der Waals surface area contributed by atoms with Crippen molar-refractivity contribution in [3.63, 3.8) is 0 Å². The quantitative estimate of drug-likeness (QED) is 0.671. The Bertz CT molecular complexity index is 1020. The topological polar surface area (TPSA) is 54.5 Å². The number of hydrogen-bond acceptors (Lipinski definition) is 4. The standard InChI is InChI=1S/C22H20ClN3O2/c1-14-11-15-5-3-4-6-19(15)26(14)22(27)16-7-10-21(24-13-16)25-17-8-9-20(28-2)18(23)12-17/h3-10,12-14H,11H2,1-2H3,(H,24,25). The summed E-state index contributed by atoms with van der Waals surface area (Å²) in [7, 11) is 1.57. The first-order chi connectivity index (χ1) is 13.6. The van der Waals surface area contributed by atoms with E-state index in [1.807, 2.05) is 29.2 Å². The summed E-state index contributed by atoms with van der Waals surface area (Å²) >= 11 is 6.15. The van der Waals surface area contributed by atoms with Gasteiger partial charge < -0.3 is 15.0 Å². The van der Waals surface area contributed by atoms with Crippen LogP contribution in [0.3, 0.4) is 0 Å². The molecule has 1 N–H and O–H groups in total. The highest BCUT2D eigenvalue weighted by molar-refractivity contribution is 6.32. The van der Waals surface area contributed by atoms with Crippen molar-refractivity contribution < 1.29 is 9.53 Å². The van der Waals surface area contributed by atoms with E-state index in [2.05, 4.69) is 23.3 Å². The first-order valence-corrected chi connectivity index (χ1v) is 9.42. The number of benzene rings is 2. The third-order valence-corrected chi connectivity index (χ3v) is 5.16. The van der Waals surface area contributed by atoms with E-state index in [4.69, 9.17) is 16.3 Å². The van der Waals surface area contributed by atoms with E-state index in [-0.39, 0.29) is 11.9 Å². The van der Waals surface area contributed by atoms with Crippen molar-refractivity contribution in [1.29, 1.82) is 0 Å². The predicted molar refractivity (Wildman–Crippen MR) is 112 cm³/mol. The highest BCUT2D eigenvalue weighted by atomic mass is 35.5. The van der Waals surface area contributed by atoms with Gasteiger partial charge in [0.2, 0.25) is 0 Å². The summed E-state index contributed by atoms with van der Waals surface area (Å²) in [5, 5.41) is 3.69. The molecular formula is C22H20ClN3O2. The zero-order chi connectivity index (χ0) is 19.7. The second kappa shape index (κ2) is 7.52. The molecule has 1 amide bonds. The van der Waals surface area contributed by atoms with Crippen molar-refractivity contribution >= 4 is 34.7 Å². The van der Waals surface area contributed by atoms with Crippen molar-refractivity contribution in [1.82, 2.24) is 4.98 Å². The molecule has 1 aliphatic heterocycles. The van der Waals surface area contributed by atoms with Crippen LogP contribution in [0.5, 0.6) is 5.75 Å². The number of amides is 1. The summed E-state index contributed by atoms with van der Waals surface area (Å²) in [6.45, 7) is 2.06. The van der Waals surface area contributed by atoms with Gasteiger partial charge >= 0.3 is 0 Å². The van der Waals surface area contributed by atoms with Crippen molar-refractivity contribution in [3.8, 4) is 5.75 Å². The SMILES string of the molecule is COc1ccc(Nc2ccc(C(=O)N3c4ccccc4CC3C)cn2)cc1Cl. The van der Waals surface area contributed by atoms with Crippen LogP contribution in [0.15, 0.2) is 60.8 Å². The van der Waals surface area contributed by atoms with E-state index in [0.717, 1.165) is 17.8 Å². The lowest BCUT2D eigenvalue weighted by molar-refractivity contribution is 0.0981. The van der Waals surface area contributed by atoms with Gasteiger partial charge in [0.15, 0.2) is 0 Å². The largest absolute Gasteiger partial charge is 0.495 e. The number of halogens is 1. The number of hydrogen-bond donors (Lipinski definition) is 1. The molecule has 2 heterocycles. The molecule has 0 spiro atoms. The summed E-state index contributed by atoms with van der Waals surface area (Å²) in [6, 6.07) is 17.2. The highest BCUT2D eigenvalue weighted by Gasteiger charge is 2.31. The molecule has 0 saturated heterocycles. The van der Waals surface area contributed by atoms with Crippen LogP contribution in [-0.4, -0.2) is 24.0 Å². The lowest BCUT2D eigenvalue weighted by Crippen LogP contribution is -2.35. The fraction of sp³-hybridized carbons (Fsp3) is 0.182. The molecule has 6 heteroatoms. The van der Waals surface area contributed by atoms with Crippen molar-refractivity contribution in [2.75, 3.05) is 17.3 Å². The van der Waals surface area contributed by atoms with Crippen LogP contribution in [-0.2, 0) is 6.42 Å². The van der Waals surface area contributed by atoms with Gasteiger partial charge in [0.1, 0.15) is 11.6 Å². The summed E-state index contributed by atoms with van der Waals surface area (Å²) in [5.74, 6) is 1.21. The maximum atomic E-state index is 13.0. The first kappa shape index (κ1) is 18.3. The van der Waals surface area contributed by atoms with Gasteiger partial charge in [-0.25, -0.2) is 4.98 Å². The number of nitrogens with zero attached hydrogens (tertiary/aromatic N) is 2.